The Morgan fingerprint density at radius 1 is 0.880 bits per heavy atom. The SMILES string of the molecule is N#Cc1cccc(NC(=O)c2cccc3nc4ccccc4nc23)c1. The highest BCUT2D eigenvalue weighted by Gasteiger charge is 2.13. The van der Waals surface area contributed by atoms with Crippen molar-refractivity contribution in [3.05, 3.63) is 77.9 Å². The molecule has 0 radical (unpaired) electrons. The van der Waals surface area contributed by atoms with Gasteiger partial charge in [0.1, 0.15) is 5.52 Å². The van der Waals surface area contributed by atoms with Crippen LogP contribution in [0.25, 0.3) is 22.1 Å². The zero-order valence-corrected chi connectivity index (χ0v) is 13.1. The maximum atomic E-state index is 12.7. The van der Waals surface area contributed by atoms with Gasteiger partial charge >= 0.3 is 0 Å². The van der Waals surface area contributed by atoms with Gasteiger partial charge in [0.25, 0.3) is 5.91 Å². The number of hydrogen-bond acceptors (Lipinski definition) is 4. The van der Waals surface area contributed by atoms with Crippen LogP contribution in [-0.4, -0.2) is 15.9 Å². The molecule has 0 atom stereocenters. The number of nitriles is 1. The number of amides is 1. The molecule has 5 nitrogen and oxygen atoms in total. The van der Waals surface area contributed by atoms with Crippen LogP contribution in [0.5, 0.6) is 0 Å². The first-order valence-electron chi connectivity index (χ1n) is 7.71. The molecule has 1 heterocycles. The van der Waals surface area contributed by atoms with E-state index in [1.165, 1.54) is 0 Å². The predicted molar refractivity (Wildman–Crippen MR) is 96.2 cm³/mol. The molecule has 0 saturated carbocycles. The molecule has 0 unspecified atom stereocenters. The zero-order chi connectivity index (χ0) is 17.2. The lowest BCUT2D eigenvalue weighted by atomic mass is 10.1. The number of para-hydroxylation sites is 3. The molecule has 0 spiro atoms. The van der Waals surface area contributed by atoms with Gasteiger partial charge in [0.2, 0.25) is 0 Å². The van der Waals surface area contributed by atoms with Crippen molar-refractivity contribution in [1.29, 1.82) is 5.26 Å². The van der Waals surface area contributed by atoms with Crippen LogP contribution in [0.3, 0.4) is 0 Å². The zero-order valence-electron chi connectivity index (χ0n) is 13.1. The van der Waals surface area contributed by atoms with E-state index < -0.39 is 0 Å². The quantitative estimate of drug-likeness (QED) is 0.567. The third-order valence-corrected chi connectivity index (χ3v) is 3.86. The van der Waals surface area contributed by atoms with Crippen molar-refractivity contribution < 1.29 is 4.79 Å². The van der Waals surface area contributed by atoms with E-state index in [4.69, 9.17) is 5.26 Å². The minimum absolute atomic E-state index is 0.287. The van der Waals surface area contributed by atoms with Crippen LogP contribution in [0, 0.1) is 11.3 Å². The van der Waals surface area contributed by atoms with Crippen LogP contribution in [-0.2, 0) is 0 Å². The summed E-state index contributed by atoms with van der Waals surface area (Å²) in [5.41, 5.74) is 4.23. The normalized spacial score (nSPS) is 10.5. The number of carbonyl (C=O) groups excluding carboxylic acids is 1. The Morgan fingerprint density at radius 3 is 2.40 bits per heavy atom. The molecular formula is C20H12N4O. The van der Waals surface area contributed by atoms with Crippen molar-refractivity contribution in [3.63, 3.8) is 0 Å². The monoisotopic (exact) mass is 324 g/mol. The van der Waals surface area contributed by atoms with Gasteiger partial charge < -0.3 is 5.32 Å². The molecule has 118 valence electrons. The highest BCUT2D eigenvalue weighted by atomic mass is 16.1. The van der Waals surface area contributed by atoms with Gasteiger partial charge in [-0.1, -0.05) is 24.3 Å². The smallest absolute Gasteiger partial charge is 0.257 e. The molecule has 0 aliphatic rings. The first-order valence-corrected chi connectivity index (χ1v) is 7.71. The predicted octanol–water partition coefficient (Wildman–Crippen LogP) is 3.91. The maximum Gasteiger partial charge on any atom is 0.257 e. The highest BCUT2D eigenvalue weighted by Crippen LogP contribution is 2.20. The molecule has 0 aliphatic heterocycles. The number of nitrogens with zero attached hydrogens (tertiary/aromatic N) is 3. The Balaban J connectivity index is 1.78. The molecule has 5 heteroatoms. The molecule has 0 bridgehead atoms. The largest absolute Gasteiger partial charge is 0.322 e. The standard InChI is InChI=1S/C20H12N4O/c21-12-13-5-3-6-14(11-13)22-20(25)15-7-4-10-18-19(15)24-17-9-2-1-8-16(17)23-18/h1-11H,(H,22,25). The van der Waals surface area contributed by atoms with Gasteiger partial charge in [0.05, 0.1) is 33.7 Å². The molecule has 25 heavy (non-hydrogen) atoms. The summed E-state index contributed by atoms with van der Waals surface area (Å²) in [4.78, 5) is 21.9. The van der Waals surface area contributed by atoms with Gasteiger partial charge in [0.15, 0.2) is 0 Å². The molecule has 4 rings (SSSR count). The molecule has 4 aromatic rings. The summed E-state index contributed by atoms with van der Waals surface area (Å²) in [6, 6.07) is 21.7. The van der Waals surface area contributed by atoms with Crippen LogP contribution in [0.15, 0.2) is 66.7 Å². The van der Waals surface area contributed by atoms with Gasteiger partial charge in [-0.25, -0.2) is 9.97 Å². The molecule has 1 aromatic heterocycles. The van der Waals surface area contributed by atoms with E-state index in [2.05, 4.69) is 21.4 Å². The number of anilines is 1. The fourth-order valence-electron chi connectivity index (χ4n) is 2.69. The fraction of sp³-hybridized carbons (Fsp3) is 0. The molecule has 1 N–H and O–H groups in total. The molecule has 0 saturated heterocycles. The number of rotatable bonds is 2. The first kappa shape index (κ1) is 14.8. The molecule has 0 fully saturated rings. The van der Waals surface area contributed by atoms with Crippen molar-refractivity contribution in [1.82, 2.24) is 9.97 Å². The van der Waals surface area contributed by atoms with Crippen molar-refractivity contribution in [2.24, 2.45) is 0 Å². The summed E-state index contributed by atoms with van der Waals surface area (Å²) in [5, 5.41) is 11.8. The number of hydrogen-bond donors (Lipinski definition) is 1. The van der Waals surface area contributed by atoms with Crippen LogP contribution < -0.4 is 5.32 Å². The number of fused-ring (bicyclic) bond motifs is 2. The van der Waals surface area contributed by atoms with Gasteiger partial charge in [-0.2, -0.15) is 5.26 Å². The van der Waals surface area contributed by atoms with Gasteiger partial charge in [-0.15, -0.1) is 0 Å². The lowest BCUT2D eigenvalue weighted by Gasteiger charge is -2.08. The number of aromatic nitrogens is 2. The van der Waals surface area contributed by atoms with Crippen LogP contribution >= 0.6 is 0 Å². The molecular weight excluding hydrogens is 312 g/mol. The Bertz CT molecular complexity index is 1160. The van der Waals surface area contributed by atoms with Crippen molar-refractivity contribution >= 4 is 33.7 Å². The summed E-state index contributed by atoms with van der Waals surface area (Å²) in [5.74, 6) is -0.287. The van der Waals surface area contributed by atoms with Crippen molar-refractivity contribution in [2.75, 3.05) is 5.32 Å². The first-order chi connectivity index (χ1) is 12.2. The summed E-state index contributed by atoms with van der Waals surface area (Å²) < 4.78 is 0. The average molecular weight is 324 g/mol. The Morgan fingerprint density at radius 2 is 1.60 bits per heavy atom. The Hall–Kier alpha value is -3.78. The second kappa shape index (κ2) is 6.02. The second-order valence-electron chi connectivity index (χ2n) is 5.53. The Labute approximate surface area is 143 Å². The van der Waals surface area contributed by atoms with E-state index in [-0.39, 0.29) is 5.91 Å². The van der Waals surface area contributed by atoms with E-state index in [1.807, 2.05) is 30.3 Å². The van der Waals surface area contributed by atoms with E-state index in [0.29, 0.717) is 27.8 Å². The summed E-state index contributed by atoms with van der Waals surface area (Å²) >= 11 is 0. The molecule has 3 aromatic carbocycles. The minimum Gasteiger partial charge on any atom is -0.322 e. The lowest BCUT2D eigenvalue weighted by Crippen LogP contribution is -2.13. The van der Waals surface area contributed by atoms with Crippen molar-refractivity contribution in [3.8, 4) is 6.07 Å². The van der Waals surface area contributed by atoms with E-state index in [1.54, 1.807) is 36.4 Å². The second-order valence-corrected chi connectivity index (χ2v) is 5.53. The van der Waals surface area contributed by atoms with Crippen molar-refractivity contribution in [2.45, 2.75) is 0 Å². The number of carbonyl (C=O) groups is 1. The van der Waals surface area contributed by atoms with Gasteiger partial charge in [0, 0.05) is 5.69 Å². The van der Waals surface area contributed by atoms with E-state index in [9.17, 15) is 4.79 Å². The third-order valence-electron chi connectivity index (χ3n) is 3.86. The molecule has 1 amide bonds. The topological polar surface area (TPSA) is 78.7 Å². The average Bonchev–Trinajstić information content (AvgIpc) is 2.66. The Kier molecular flexibility index (Phi) is 3.56. The van der Waals surface area contributed by atoms with Gasteiger partial charge in [-0.3, -0.25) is 4.79 Å². The third kappa shape index (κ3) is 2.77. The highest BCUT2D eigenvalue weighted by molar-refractivity contribution is 6.12. The molecule has 0 aliphatic carbocycles. The van der Waals surface area contributed by atoms with Crippen LogP contribution in [0.1, 0.15) is 15.9 Å². The fourth-order valence-corrected chi connectivity index (χ4v) is 2.69. The summed E-state index contributed by atoms with van der Waals surface area (Å²) in [6.45, 7) is 0. The minimum atomic E-state index is -0.287. The van der Waals surface area contributed by atoms with Crippen LogP contribution in [0.2, 0.25) is 0 Å². The van der Waals surface area contributed by atoms with Gasteiger partial charge in [-0.05, 0) is 42.5 Å². The number of benzene rings is 3. The van der Waals surface area contributed by atoms with E-state index in [0.717, 1.165) is 11.0 Å². The lowest BCUT2D eigenvalue weighted by molar-refractivity contribution is 0.102. The summed E-state index contributed by atoms with van der Waals surface area (Å²) in [7, 11) is 0. The van der Waals surface area contributed by atoms with E-state index >= 15 is 0 Å². The van der Waals surface area contributed by atoms with Crippen LogP contribution in [0.4, 0.5) is 5.69 Å². The summed E-state index contributed by atoms with van der Waals surface area (Å²) in [6.07, 6.45) is 0. The maximum absolute atomic E-state index is 12.7. The number of nitrogens with one attached hydrogen (secondary N) is 1.